The summed E-state index contributed by atoms with van der Waals surface area (Å²) in [6.07, 6.45) is 0. The van der Waals surface area contributed by atoms with Gasteiger partial charge in [-0.05, 0) is 30.7 Å². The number of carbonyl (C=O) groups excluding carboxylic acids is 1. The molecule has 1 atom stereocenters. The highest BCUT2D eigenvalue weighted by atomic mass is 79.9. The van der Waals surface area contributed by atoms with Gasteiger partial charge >= 0.3 is 0 Å². The minimum absolute atomic E-state index is 0.0764. The van der Waals surface area contributed by atoms with Crippen LogP contribution >= 0.6 is 15.9 Å². The predicted octanol–water partition coefficient (Wildman–Crippen LogP) is 1.70. The van der Waals surface area contributed by atoms with Gasteiger partial charge in [-0.25, -0.2) is 0 Å². The van der Waals surface area contributed by atoms with Crippen molar-refractivity contribution in [2.24, 2.45) is 0 Å². The number of hydrogen-bond donors (Lipinski definition) is 1. The summed E-state index contributed by atoms with van der Waals surface area (Å²) >= 11 is 3.39. The summed E-state index contributed by atoms with van der Waals surface area (Å²) in [7, 11) is 0. The number of hydrogen-bond acceptors (Lipinski definition) is 3. The van der Waals surface area contributed by atoms with Crippen molar-refractivity contribution in [3.63, 3.8) is 0 Å². The van der Waals surface area contributed by atoms with Crippen molar-refractivity contribution in [2.75, 3.05) is 19.6 Å². The number of nitrogens with zero attached hydrogens (tertiary/aromatic N) is 2. The molecule has 0 radical (unpaired) electrons. The number of nitriles is 1. The van der Waals surface area contributed by atoms with E-state index in [0.717, 1.165) is 16.6 Å². The van der Waals surface area contributed by atoms with Crippen LogP contribution in [0.2, 0.25) is 0 Å². The SMILES string of the molecule is Cc1cc(Br)cc(C(=O)N2CCNCC2C#N)c1. The fraction of sp³-hybridized carbons (Fsp3) is 0.385. The van der Waals surface area contributed by atoms with Crippen molar-refractivity contribution >= 4 is 21.8 Å². The first-order valence-corrected chi connectivity index (χ1v) is 6.59. The molecule has 0 aromatic heterocycles. The Morgan fingerprint density at radius 3 is 3.00 bits per heavy atom. The number of carbonyl (C=O) groups is 1. The minimum atomic E-state index is -0.384. The predicted molar refractivity (Wildman–Crippen MR) is 72.2 cm³/mol. The number of nitrogens with one attached hydrogen (secondary N) is 1. The monoisotopic (exact) mass is 307 g/mol. The van der Waals surface area contributed by atoms with Gasteiger partial charge in [-0.3, -0.25) is 4.79 Å². The van der Waals surface area contributed by atoms with Gasteiger partial charge in [0.15, 0.2) is 0 Å². The minimum Gasteiger partial charge on any atom is -0.320 e. The molecule has 1 aliphatic rings. The van der Waals surface area contributed by atoms with Gasteiger partial charge in [0, 0.05) is 29.7 Å². The zero-order valence-electron chi connectivity index (χ0n) is 10.1. The molecule has 4 nitrogen and oxygen atoms in total. The van der Waals surface area contributed by atoms with E-state index in [-0.39, 0.29) is 11.9 Å². The van der Waals surface area contributed by atoms with E-state index in [0.29, 0.717) is 18.7 Å². The van der Waals surface area contributed by atoms with E-state index in [1.165, 1.54) is 0 Å². The second kappa shape index (κ2) is 5.51. The van der Waals surface area contributed by atoms with Crippen LogP contribution in [0.4, 0.5) is 0 Å². The maximum atomic E-state index is 12.4. The van der Waals surface area contributed by atoms with Crippen LogP contribution in [-0.4, -0.2) is 36.5 Å². The summed E-state index contributed by atoms with van der Waals surface area (Å²) in [6.45, 7) is 3.79. The second-order valence-corrected chi connectivity index (χ2v) is 5.28. The van der Waals surface area contributed by atoms with Crippen LogP contribution in [0.25, 0.3) is 0 Å². The lowest BCUT2D eigenvalue weighted by molar-refractivity contribution is 0.0687. The largest absolute Gasteiger partial charge is 0.320 e. The van der Waals surface area contributed by atoms with Crippen LogP contribution in [0, 0.1) is 18.3 Å². The van der Waals surface area contributed by atoms with Crippen molar-refractivity contribution in [3.8, 4) is 6.07 Å². The summed E-state index contributed by atoms with van der Waals surface area (Å²) in [5, 5.41) is 12.2. The first kappa shape index (κ1) is 13.1. The van der Waals surface area contributed by atoms with Gasteiger partial charge in [-0.15, -0.1) is 0 Å². The van der Waals surface area contributed by atoms with Crippen LogP contribution in [-0.2, 0) is 0 Å². The number of amides is 1. The molecule has 1 aliphatic heterocycles. The molecule has 1 saturated heterocycles. The first-order valence-electron chi connectivity index (χ1n) is 5.80. The highest BCUT2D eigenvalue weighted by Gasteiger charge is 2.27. The summed E-state index contributed by atoms with van der Waals surface area (Å²) in [4.78, 5) is 14.0. The fourth-order valence-electron chi connectivity index (χ4n) is 2.09. The van der Waals surface area contributed by atoms with E-state index < -0.39 is 0 Å². The van der Waals surface area contributed by atoms with Crippen LogP contribution in [0.15, 0.2) is 22.7 Å². The van der Waals surface area contributed by atoms with Crippen molar-refractivity contribution in [1.29, 1.82) is 5.26 Å². The van der Waals surface area contributed by atoms with Crippen LogP contribution in [0.5, 0.6) is 0 Å². The maximum Gasteiger partial charge on any atom is 0.255 e. The van der Waals surface area contributed by atoms with Crippen molar-refractivity contribution in [1.82, 2.24) is 10.2 Å². The Labute approximate surface area is 115 Å². The topological polar surface area (TPSA) is 56.1 Å². The highest BCUT2D eigenvalue weighted by molar-refractivity contribution is 9.10. The van der Waals surface area contributed by atoms with E-state index in [1.54, 1.807) is 11.0 Å². The third-order valence-corrected chi connectivity index (χ3v) is 3.40. The normalized spacial score (nSPS) is 19.4. The first-order chi connectivity index (χ1) is 8.61. The molecule has 0 spiro atoms. The lowest BCUT2D eigenvalue weighted by Gasteiger charge is -2.32. The number of aryl methyl sites for hydroxylation is 1. The molecular weight excluding hydrogens is 294 g/mol. The summed E-state index contributed by atoms with van der Waals surface area (Å²) in [6, 6.07) is 7.38. The van der Waals surface area contributed by atoms with Gasteiger partial charge in [-0.1, -0.05) is 15.9 Å². The Morgan fingerprint density at radius 1 is 1.56 bits per heavy atom. The summed E-state index contributed by atoms with van der Waals surface area (Å²) < 4.78 is 0.884. The van der Waals surface area contributed by atoms with Gasteiger partial charge < -0.3 is 10.2 Å². The third-order valence-electron chi connectivity index (χ3n) is 2.94. The molecule has 18 heavy (non-hydrogen) atoms. The average molecular weight is 308 g/mol. The third kappa shape index (κ3) is 2.71. The fourth-order valence-corrected chi connectivity index (χ4v) is 2.70. The average Bonchev–Trinajstić information content (AvgIpc) is 2.36. The molecule has 2 rings (SSSR count). The lowest BCUT2D eigenvalue weighted by Crippen LogP contribution is -2.53. The Bertz CT molecular complexity index is 489. The van der Waals surface area contributed by atoms with Crippen molar-refractivity contribution in [3.05, 3.63) is 33.8 Å². The highest BCUT2D eigenvalue weighted by Crippen LogP contribution is 2.18. The zero-order valence-corrected chi connectivity index (χ0v) is 11.7. The Hall–Kier alpha value is -1.38. The van der Waals surface area contributed by atoms with Crippen molar-refractivity contribution in [2.45, 2.75) is 13.0 Å². The summed E-state index contributed by atoms with van der Waals surface area (Å²) in [5.74, 6) is -0.0764. The van der Waals surface area contributed by atoms with Crippen LogP contribution < -0.4 is 5.32 Å². The molecule has 94 valence electrons. The zero-order chi connectivity index (χ0) is 13.1. The van der Waals surface area contributed by atoms with Gasteiger partial charge in [0.05, 0.1) is 6.07 Å². The Morgan fingerprint density at radius 2 is 2.33 bits per heavy atom. The van der Waals surface area contributed by atoms with Gasteiger partial charge in [-0.2, -0.15) is 5.26 Å². The molecule has 1 fully saturated rings. The standard InChI is InChI=1S/C13H14BrN3O/c1-9-4-10(6-11(14)5-9)13(18)17-3-2-16-8-12(17)7-15/h4-6,12,16H,2-3,8H2,1H3. The quantitative estimate of drug-likeness (QED) is 0.859. The van der Waals surface area contributed by atoms with Crippen molar-refractivity contribution < 1.29 is 4.79 Å². The molecule has 1 aromatic carbocycles. The molecule has 5 heteroatoms. The molecular formula is C13H14BrN3O. The number of rotatable bonds is 1. The molecule has 0 aliphatic carbocycles. The number of piperazine rings is 1. The van der Waals surface area contributed by atoms with Crippen LogP contribution in [0.3, 0.4) is 0 Å². The van der Waals surface area contributed by atoms with Crippen LogP contribution in [0.1, 0.15) is 15.9 Å². The second-order valence-electron chi connectivity index (χ2n) is 4.36. The molecule has 1 amide bonds. The van der Waals surface area contributed by atoms with E-state index in [1.807, 2.05) is 19.1 Å². The Kier molecular flexibility index (Phi) is 4.00. The number of benzene rings is 1. The smallest absolute Gasteiger partial charge is 0.255 e. The number of halogens is 1. The van der Waals surface area contributed by atoms with Gasteiger partial charge in [0.1, 0.15) is 6.04 Å². The molecule has 1 unspecified atom stereocenters. The molecule has 1 N–H and O–H groups in total. The Balaban J connectivity index is 2.27. The van der Waals surface area contributed by atoms with E-state index in [4.69, 9.17) is 5.26 Å². The van der Waals surface area contributed by atoms with Gasteiger partial charge in [0.2, 0.25) is 0 Å². The molecule has 1 aromatic rings. The molecule has 0 bridgehead atoms. The molecule has 0 saturated carbocycles. The maximum absolute atomic E-state index is 12.4. The van der Waals surface area contributed by atoms with E-state index >= 15 is 0 Å². The van der Waals surface area contributed by atoms with E-state index in [9.17, 15) is 4.79 Å². The van der Waals surface area contributed by atoms with E-state index in [2.05, 4.69) is 27.3 Å². The van der Waals surface area contributed by atoms with Gasteiger partial charge in [0.25, 0.3) is 5.91 Å². The summed E-state index contributed by atoms with van der Waals surface area (Å²) in [5.41, 5.74) is 1.65. The molecule has 1 heterocycles. The lowest BCUT2D eigenvalue weighted by atomic mass is 10.1.